The van der Waals surface area contributed by atoms with Gasteiger partial charge >= 0.3 is 0 Å². The van der Waals surface area contributed by atoms with E-state index in [-0.39, 0.29) is 5.60 Å². The smallest absolute Gasteiger partial charge is 0.0907 e. The Bertz CT molecular complexity index is 311. The molecule has 0 spiro atoms. The molecule has 0 aromatic carbocycles. The highest BCUT2D eigenvalue weighted by molar-refractivity contribution is 9.09. The molecule has 0 N–H and O–H groups in total. The lowest BCUT2D eigenvalue weighted by atomic mass is 9.92. The predicted octanol–water partition coefficient (Wildman–Crippen LogP) is 6.96. The fourth-order valence-corrected chi connectivity index (χ4v) is 3.71. The molecular weight excluding hydrogens is 336 g/mol. The van der Waals surface area contributed by atoms with E-state index in [2.05, 4.69) is 47.2 Å². The summed E-state index contributed by atoms with van der Waals surface area (Å²) in [6.45, 7) is 3.19. The zero-order valence-electron chi connectivity index (χ0n) is 14.5. The number of ether oxygens (including phenoxy) is 1. The van der Waals surface area contributed by atoms with E-state index in [9.17, 15) is 0 Å². The van der Waals surface area contributed by atoms with E-state index in [0.29, 0.717) is 0 Å². The second kappa shape index (κ2) is 13.4. The Hall–Kier alpha value is -0.0800. The maximum atomic E-state index is 6.21. The number of halogens is 1. The lowest BCUT2D eigenvalue weighted by Gasteiger charge is -2.31. The SMILES string of the molecule is CCCCCCCCCCCCOC1(CCBr)C=CC=CC1. The van der Waals surface area contributed by atoms with Gasteiger partial charge in [-0.25, -0.2) is 0 Å². The Kier molecular flexibility index (Phi) is 12.1. The normalized spacial score (nSPS) is 20.6. The molecule has 1 aliphatic rings. The summed E-state index contributed by atoms with van der Waals surface area (Å²) in [4.78, 5) is 0. The van der Waals surface area contributed by atoms with Crippen LogP contribution in [-0.2, 0) is 4.74 Å². The zero-order valence-corrected chi connectivity index (χ0v) is 16.1. The van der Waals surface area contributed by atoms with Crippen molar-refractivity contribution in [1.82, 2.24) is 0 Å². The summed E-state index contributed by atoms with van der Waals surface area (Å²) in [7, 11) is 0. The Morgan fingerprint density at radius 3 is 2.09 bits per heavy atom. The molecule has 0 amide bonds. The molecule has 0 saturated heterocycles. The molecular formula is C20H35BrO. The monoisotopic (exact) mass is 370 g/mol. The predicted molar refractivity (Wildman–Crippen MR) is 102 cm³/mol. The topological polar surface area (TPSA) is 9.23 Å². The molecule has 0 heterocycles. The molecule has 1 aliphatic carbocycles. The van der Waals surface area contributed by atoms with Gasteiger partial charge in [-0.1, -0.05) is 105 Å². The van der Waals surface area contributed by atoms with Crippen LogP contribution in [0.4, 0.5) is 0 Å². The van der Waals surface area contributed by atoms with Crippen LogP contribution in [0.1, 0.15) is 84.0 Å². The van der Waals surface area contributed by atoms with E-state index in [4.69, 9.17) is 4.74 Å². The molecule has 1 nitrogen and oxygen atoms in total. The zero-order chi connectivity index (χ0) is 15.9. The first-order valence-electron chi connectivity index (χ1n) is 9.37. The van der Waals surface area contributed by atoms with Crippen molar-refractivity contribution in [2.75, 3.05) is 11.9 Å². The third kappa shape index (κ3) is 9.15. The summed E-state index contributed by atoms with van der Waals surface area (Å²) in [6, 6.07) is 0. The molecule has 2 heteroatoms. The highest BCUT2D eigenvalue weighted by Crippen LogP contribution is 2.27. The molecule has 1 rings (SSSR count). The van der Waals surface area contributed by atoms with Crippen LogP contribution in [0.2, 0.25) is 0 Å². The maximum absolute atomic E-state index is 6.21. The summed E-state index contributed by atoms with van der Waals surface area (Å²) in [5, 5.41) is 1.00. The van der Waals surface area contributed by atoms with E-state index in [1.807, 2.05) is 0 Å². The molecule has 0 saturated carbocycles. The molecule has 22 heavy (non-hydrogen) atoms. The molecule has 0 aliphatic heterocycles. The molecule has 0 aromatic rings. The van der Waals surface area contributed by atoms with Gasteiger partial charge in [0.2, 0.25) is 0 Å². The first kappa shape index (κ1) is 20.0. The van der Waals surface area contributed by atoms with E-state index < -0.39 is 0 Å². The fourth-order valence-electron chi connectivity index (χ4n) is 3.03. The van der Waals surface area contributed by atoms with Gasteiger partial charge in [0, 0.05) is 11.9 Å². The Morgan fingerprint density at radius 1 is 0.909 bits per heavy atom. The van der Waals surface area contributed by atoms with Gasteiger partial charge in [0.05, 0.1) is 5.60 Å². The van der Waals surface area contributed by atoms with Crippen LogP contribution in [-0.4, -0.2) is 17.5 Å². The summed E-state index contributed by atoms with van der Waals surface area (Å²) in [6.07, 6.45) is 24.6. The van der Waals surface area contributed by atoms with Crippen LogP contribution in [0.25, 0.3) is 0 Å². The minimum atomic E-state index is -0.0441. The number of hydrogen-bond acceptors (Lipinski definition) is 1. The van der Waals surface area contributed by atoms with Crippen molar-refractivity contribution in [3.8, 4) is 0 Å². The van der Waals surface area contributed by atoms with Gasteiger partial charge < -0.3 is 4.74 Å². The number of hydrogen-bond donors (Lipinski definition) is 0. The first-order valence-corrected chi connectivity index (χ1v) is 10.5. The van der Waals surface area contributed by atoms with Gasteiger partial charge in [0.25, 0.3) is 0 Å². The third-order valence-electron chi connectivity index (χ3n) is 4.52. The van der Waals surface area contributed by atoms with Gasteiger partial charge in [-0.3, -0.25) is 0 Å². The largest absolute Gasteiger partial charge is 0.371 e. The Morgan fingerprint density at radius 2 is 1.55 bits per heavy atom. The summed E-state index contributed by atoms with van der Waals surface area (Å²) >= 11 is 3.56. The number of alkyl halides is 1. The quantitative estimate of drug-likeness (QED) is 0.237. The van der Waals surface area contributed by atoms with E-state index >= 15 is 0 Å². The van der Waals surface area contributed by atoms with Crippen molar-refractivity contribution >= 4 is 15.9 Å². The van der Waals surface area contributed by atoms with Crippen LogP contribution in [0, 0.1) is 0 Å². The van der Waals surface area contributed by atoms with Gasteiger partial charge in [-0.2, -0.15) is 0 Å². The molecule has 0 radical (unpaired) electrons. The van der Waals surface area contributed by atoms with Crippen molar-refractivity contribution in [2.45, 2.75) is 89.6 Å². The minimum Gasteiger partial charge on any atom is -0.371 e. The molecule has 128 valence electrons. The number of unbranched alkanes of at least 4 members (excludes halogenated alkanes) is 9. The van der Waals surface area contributed by atoms with Crippen LogP contribution < -0.4 is 0 Å². The van der Waals surface area contributed by atoms with Crippen molar-refractivity contribution in [3.63, 3.8) is 0 Å². The van der Waals surface area contributed by atoms with Crippen molar-refractivity contribution in [2.24, 2.45) is 0 Å². The molecule has 0 aromatic heterocycles. The summed E-state index contributed by atoms with van der Waals surface area (Å²) < 4.78 is 6.21. The van der Waals surface area contributed by atoms with Gasteiger partial charge in [-0.05, 0) is 19.3 Å². The molecule has 0 bridgehead atoms. The average Bonchev–Trinajstić information content (AvgIpc) is 2.54. The summed E-state index contributed by atoms with van der Waals surface area (Å²) in [5.74, 6) is 0. The van der Waals surface area contributed by atoms with Crippen LogP contribution >= 0.6 is 15.9 Å². The van der Waals surface area contributed by atoms with Crippen molar-refractivity contribution < 1.29 is 4.74 Å². The highest BCUT2D eigenvalue weighted by atomic mass is 79.9. The van der Waals surface area contributed by atoms with Gasteiger partial charge in [0.15, 0.2) is 0 Å². The van der Waals surface area contributed by atoms with Crippen molar-refractivity contribution in [3.05, 3.63) is 24.3 Å². The van der Waals surface area contributed by atoms with Crippen LogP contribution in [0.5, 0.6) is 0 Å². The maximum Gasteiger partial charge on any atom is 0.0907 e. The van der Waals surface area contributed by atoms with Crippen molar-refractivity contribution in [1.29, 1.82) is 0 Å². The standard InChI is InChI=1S/C20H35BrO/c1-2-3-4-5-6-7-8-9-10-14-19-22-20(17-18-21)15-12-11-13-16-20/h11-13,15H,2-10,14,16-19H2,1H3. The second-order valence-electron chi connectivity index (χ2n) is 6.53. The Balaban J connectivity index is 1.96. The first-order chi connectivity index (χ1) is 10.8. The van der Waals surface area contributed by atoms with Gasteiger partial charge in [-0.15, -0.1) is 0 Å². The lowest BCUT2D eigenvalue weighted by molar-refractivity contribution is -0.0107. The van der Waals surface area contributed by atoms with Crippen LogP contribution in [0.3, 0.4) is 0 Å². The highest BCUT2D eigenvalue weighted by Gasteiger charge is 2.26. The Labute approximate surface area is 146 Å². The second-order valence-corrected chi connectivity index (χ2v) is 7.32. The molecule has 1 atom stereocenters. The van der Waals surface area contributed by atoms with E-state index in [1.54, 1.807) is 0 Å². The van der Waals surface area contributed by atoms with Gasteiger partial charge in [0.1, 0.15) is 0 Å². The fraction of sp³-hybridized carbons (Fsp3) is 0.800. The molecule has 0 fully saturated rings. The summed E-state index contributed by atoms with van der Waals surface area (Å²) in [5.41, 5.74) is -0.0441. The van der Waals surface area contributed by atoms with E-state index in [0.717, 1.165) is 24.8 Å². The third-order valence-corrected chi connectivity index (χ3v) is 4.91. The van der Waals surface area contributed by atoms with Crippen LogP contribution in [0.15, 0.2) is 24.3 Å². The van der Waals surface area contributed by atoms with E-state index in [1.165, 1.54) is 64.2 Å². The molecule has 1 unspecified atom stereocenters. The average molecular weight is 371 g/mol. The number of rotatable bonds is 14. The number of allylic oxidation sites excluding steroid dienone is 2. The minimum absolute atomic E-state index is 0.0441. The lowest BCUT2D eigenvalue weighted by Crippen LogP contribution is -2.31.